The SMILES string of the molecule is COCCCN(C)C(=O)Nc1cccc(CCC(=O)O)c1. The van der Waals surface area contributed by atoms with Gasteiger partial charge >= 0.3 is 12.0 Å². The van der Waals surface area contributed by atoms with Crippen molar-refractivity contribution < 1.29 is 19.4 Å². The van der Waals surface area contributed by atoms with Crippen LogP contribution in [0.3, 0.4) is 0 Å². The highest BCUT2D eigenvalue weighted by molar-refractivity contribution is 5.89. The highest BCUT2D eigenvalue weighted by Gasteiger charge is 2.08. The largest absolute Gasteiger partial charge is 0.481 e. The zero-order valence-electron chi connectivity index (χ0n) is 12.5. The summed E-state index contributed by atoms with van der Waals surface area (Å²) in [7, 11) is 3.35. The first-order valence-corrected chi connectivity index (χ1v) is 6.84. The number of carboxylic acid groups (broad SMARTS) is 1. The Hall–Kier alpha value is -2.08. The highest BCUT2D eigenvalue weighted by Crippen LogP contribution is 2.13. The van der Waals surface area contributed by atoms with E-state index in [9.17, 15) is 9.59 Å². The highest BCUT2D eigenvalue weighted by atomic mass is 16.5. The molecule has 2 amide bonds. The van der Waals surface area contributed by atoms with Crippen LogP contribution in [0.2, 0.25) is 0 Å². The van der Waals surface area contributed by atoms with Gasteiger partial charge in [-0.05, 0) is 30.5 Å². The van der Waals surface area contributed by atoms with Crippen molar-refractivity contribution in [2.45, 2.75) is 19.3 Å². The molecule has 0 aliphatic carbocycles. The summed E-state index contributed by atoms with van der Waals surface area (Å²) in [6, 6.07) is 7.04. The molecule has 0 aromatic heterocycles. The molecule has 116 valence electrons. The van der Waals surface area contributed by atoms with Crippen LogP contribution in [0.4, 0.5) is 10.5 Å². The summed E-state index contributed by atoms with van der Waals surface area (Å²) < 4.78 is 4.95. The van der Waals surface area contributed by atoms with Crippen molar-refractivity contribution in [2.75, 3.05) is 32.6 Å². The minimum Gasteiger partial charge on any atom is -0.481 e. The summed E-state index contributed by atoms with van der Waals surface area (Å²) >= 11 is 0. The molecule has 0 saturated heterocycles. The monoisotopic (exact) mass is 294 g/mol. The number of anilines is 1. The van der Waals surface area contributed by atoms with Gasteiger partial charge in [0, 0.05) is 39.4 Å². The van der Waals surface area contributed by atoms with Crippen LogP contribution in [0.1, 0.15) is 18.4 Å². The molecule has 0 fully saturated rings. The second-order valence-electron chi connectivity index (χ2n) is 4.79. The third-order valence-electron chi connectivity index (χ3n) is 2.99. The summed E-state index contributed by atoms with van der Waals surface area (Å²) in [6.45, 7) is 1.22. The molecule has 0 saturated carbocycles. The number of urea groups is 1. The Labute approximate surface area is 124 Å². The summed E-state index contributed by atoms with van der Waals surface area (Å²) in [5, 5.41) is 11.5. The molecule has 6 nitrogen and oxygen atoms in total. The number of rotatable bonds is 8. The van der Waals surface area contributed by atoms with Crippen LogP contribution in [-0.2, 0) is 16.0 Å². The predicted molar refractivity (Wildman–Crippen MR) is 80.5 cm³/mol. The van der Waals surface area contributed by atoms with E-state index in [1.807, 2.05) is 6.07 Å². The second kappa shape index (κ2) is 8.97. The molecule has 1 aromatic rings. The number of carbonyl (C=O) groups excluding carboxylic acids is 1. The topological polar surface area (TPSA) is 78.9 Å². The Morgan fingerprint density at radius 3 is 2.81 bits per heavy atom. The van der Waals surface area contributed by atoms with Crippen LogP contribution in [0.15, 0.2) is 24.3 Å². The molecule has 6 heteroatoms. The molecule has 0 unspecified atom stereocenters. The van der Waals surface area contributed by atoms with Gasteiger partial charge in [-0.25, -0.2) is 4.79 Å². The first-order valence-electron chi connectivity index (χ1n) is 6.84. The van der Waals surface area contributed by atoms with E-state index in [1.165, 1.54) is 0 Å². The quantitative estimate of drug-likeness (QED) is 0.720. The van der Waals surface area contributed by atoms with E-state index in [0.717, 1.165) is 12.0 Å². The van der Waals surface area contributed by atoms with Crippen molar-refractivity contribution in [3.63, 3.8) is 0 Å². The second-order valence-corrected chi connectivity index (χ2v) is 4.79. The molecule has 0 heterocycles. The normalized spacial score (nSPS) is 10.2. The number of carboxylic acids is 1. The Balaban J connectivity index is 2.51. The van der Waals surface area contributed by atoms with Crippen LogP contribution in [0.5, 0.6) is 0 Å². The number of aryl methyl sites for hydroxylation is 1. The number of hydrogen-bond donors (Lipinski definition) is 2. The van der Waals surface area contributed by atoms with E-state index in [2.05, 4.69) is 5.32 Å². The van der Waals surface area contributed by atoms with Crippen LogP contribution < -0.4 is 5.32 Å². The van der Waals surface area contributed by atoms with Crippen molar-refractivity contribution >= 4 is 17.7 Å². The van der Waals surface area contributed by atoms with Gasteiger partial charge in [0.2, 0.25) is 0 Å². The maximum Gasteiger partial charge on any atom is 0.321 e. The summed E-state index contributed by atoms with van der Waals surface area (Å²) in [5.74, 6) is -0.831. The van der Waals surface area contributed by atoms with Gasteiger partial charge in [0.15, 0.2) is 0 Å². The molecule has 0 spiro atoms. The lowest BCUT2D eigenvalue weighted by Crippen LogP contribution is -2.32. The fraction of sp³-hybridized carbons (Fsp3) is 0.467. The number of aliphatic carboxylic acids is 1. The molecule has 0 bridgehead atoms. The van der Waals surface area contributed by atoms with Crippen LogP contribution in [0.25, 0.3) is 0 Å². The number of benzene rings is 1. The van der Waals surface area contributed by atoms with Gasteiger partial charge < -0.3 is 20.1 Å². The Kier molecular flexibility index (Phi) is 7.25. The third kappa shape index (κ3) is 6.76. The molecular formula is C15H22N2O4. The number of nitrogens with zero attached hydrogens (tertiary/aromatic N) is 1. The number of ether oxygens (including phenoxy) is 1. The molecule has 21 heavy (non-hydrogen) atoms. The molecule has 1 aromatic carbocycles. The van der Waals surface area contributed by atoms with E-state index in [1.54, 1.807) is 37.3 Å². The first kappa shape index (κ1) is 17.0. The van der Waals surface area contributed by atoms with Gasteiger partial charge in [-0.3, -0.25) is 4.79 Å². The molecule has 0 aliphatic rings. The van der Waals surface area contributed by atoms with Crippen molar-refractivity contribution in [3.05, 3.63) is 29.8 Å². The van der Waals surface area contributed by atoms with E-state index in [4.69, 9.17) is 9.84 Å². The van der Waals surface area contributed by atoms with E-state index in [-0.39, 0.29) is 12.5 Å². The maximum absolute atomic E-state index is 12.0. The van der Waals surface area contributed by atoms with E-state index in [0.29, 0.717) is 25.3 Å². The summed E-state index contributed by atoms with van der Waals surface area (Å²) in [4.78, 5) is 24.1. The van der Waals surface area contributed by atoms with Crippen molar-refractivity contribution in [1.82, 2.24) is 4.90 Å². The zero-order valence-corrected chi connectivity index (χ0v) is 12.5. The van der Waals surface area contributed by atoms with Gasteiger partial charge in [0.25, 0.3) is 0 Å². The average Bonchev–Trinajstić information content (AvgIpc) is 2.45. The van der Waals surface area contributed by atoms with Crippen molar-refractivity contribution in [2.24, 2.45) is 0 Å². The predicted octanol–water partition coefficient (Wildman–Crippen LogP) is 2.20. The number of hydrogen-bond acceptors (Lipinski definition) is 3. The molecular weight excluding hydrogens is 272 g/mol. The number of methoxy groups -OCH3 is 1. The molecule has 0 radical (unpaired) electrons. The van der Waals surface area contributed by atoms with Crippen molar-refractivity contribution in [3.8, 4) is 0 Å². The van der Waals surface area contributed by atoms with Crippen molar-refractivity contribution in [1.29, 1.82) is 0 Å². The molecule has 1 rings (SSSR count). The maximum atomic E-state index is 12.0. The fourth-order valence-corrected chi connectivity index (χ4v) is 1.82. The lowest BCUT2D eigenvalue weighted by Gasteiger charge is -2.18. The molecule has 2 N–H and O–H groups in total. The van der Waals surface area contributed by atoms with Crippen LogP contribution in [0, 0.1) is 0 Å². The fourth-order valence-electron chi connectivity index (χ4n) is 1.82. The Morgan fingerprint density at radius 1 is 1.38 bits per heavy atom. The zero-order chi connectivity index (χ0) is 15.7. The lowest BCUT2D eigenvalue weighted by molar-refractivity contribution is -0.136. The van der Waals surface area contributed by atoms with Gasteiger partial charge in [-0.2, -0.15) is 0 Å². The van der Waals surface area contributed by atoms with Gasteiger partial charge in [0.05, 0.1) is 0 Å². The van der Waals surface area contributed by atoms with Crippen LogP contribution >= 0.6 is 0 Å². The van der Waals surface area contributed by atoms with Crippen LogP contribution in [-0.4, -0.2) is 49.3 Å². The minimum absolute atomic E-state index is 0.0777. The average molecular weight is 294 g/mol. The van der Waals surface area contributed by atoms with E-state index < -0.39 is 5.97 Å². The van der Waals surface area contributed by atoms with Gasteiger partial charge in [-0.15, -0.1) is 0 Å². The Bertz CT molecular complexity index is 476. The lowest BCUT2D eigenvalue weighted by atomic mass is 10.1. The third-order valence-corrected chi connectivity index (χ3v) is 2.99. The number of carbonyl (C=O) groups is 2. The smallest absolute Gasteiger partial charge is 0.321 e. The first-order chi connectivity index (χ1) is 10.0. The number of amides is 2. The van der Waals surface area contributed by atoms with Gasteiger partial charge in [0.1, 0.15) is 0 Å². The standard InChI is InChI=1S/C15H22N2O4/c1-17(9-4-10-21-2)15(20)16-13-6-3-5-12(11-13)7-8-14(18)19/h3,5-6,11H,4,7-10H2,1-2H3,(H,16,20)(H,18,19). The summed E-state index contributed by atoms with van der Waals surface area (Å²) in [5.41, 5.74) is 1.55. The summed E-state index contributed by atoms with van der Waals surface area (Å²) in [6.07, 6.45) is 1.30. The van der Waals surface area contributed by atoms with E-state index >= 15 is 0 Å². The number of nitrogens with one attached hydrogen (secondary N) is 1. The Morgan fingerprint density at radius 2 is 2.14 bits per heavy atom. The molecule has 0 aliphatic heterocycles. The van der Waals surface area contributed by atoms with Gasteiger partial charge in [-0.1, -0.05) is 12.1 Å². The molecule has 0 atom stereocenters. The minimum atomic E-state index is -0.831.